The van der Waals surface area contributed by atoms with Crippen LogP contribution < -0.4 is 10.6 Å². The van der Waals surface area contributed by atoms with E-state index in [-0.39, 0.29) is 0 Å². The molecule has 0 radical (unpaired) electrons. The minimum atomic E-state index is 0.587. The normalized spacial score (nSPS) is 17.0. The number of benzene rings is 1. The highest BCUT2D eigenvalue weighted by Crippen LogP contribution is 2.15. The number of aliphatic imine (C=N–C) groups is 1. The van der Waals surface area contributed by atoms with Gasteiger partial charge in [0, 0.05) is 50.8 Å². The van der Waals surface area contributed by atoms with Crippen molar-refractivity contribution < 1.29 is 0 Å². The standard InChI is InChI=1S/C18H30ClN5/c1-3-20-18(22-15-16-7-5-6-8-17(16)19)21-9-10-24-13-11-23(4-2)12-14-24/h5-8H,3-4,9-15H2,1-2H3,(H2,20,21,22). The van der Waals surface area contributed by atoms with Crippen LogP contribution in [0.5, 0.6) is 0 Å². The summed E-state index contributed by atoms with van der Waals surface area (Å²) in [6, 6.07) is 7.86. The Balaban J connectivity index is 1.76. The van der Waals surface area contributed by atoms with Gasteiger partial charge in [-0.25, -0.2) is 4.99 Å². The molecule has 0 bridgehead atoms. The molecule has 1 aliphatic heterocycles. The van der Waals surface area contributed by atoms with E-state index in [0.29, 0.717) is 6.54 Å². The van der Waals surface area contributed by atoms with Crippen LogP contribution in [0.15, 0.2) is 29.3 Å². The quantitative estimate of drug-likeness (QED) is 0.582. The van der Waals surface area contributed by atoms with Gasteiger partial charge < -0.3 is 15.5 Å². The third-order valence-electron chi connectivity index (χ3n) is 4.34. The topological polar surface area (TPSA) is 42.9 Å². The molecule has 5 nitrogen and oxygen atoms in total. The first-order valence-electron chi connectivity index (χ1n) is 8.93. The van der Waals surface area contributed by atoms with E-state index < -0.39 is 0 Å². The van der Waals surface area contributed by atoms with Crippen LogP contribution in [0.2, 0.25) is 5.02 Å². The Kier molecular flexibility index (Phi) is 8.36. The Morgan fingerprint density at radius 3 is 2.46 bits per heavy atom. The predicted octanol–water partition coefficient (Wildman–Crippen LogP) is 2.03. The molecule has 1 heterocycles. The van der Waals surface area contributed by atoms with Gasteiger partial charge in [-0.2, -0.15) is 0 Å². The molecular weight excluding hydrogens is 322 g/mol. The first-order valence-corrected chi connectivity index (χ1v) is 9.31. The van der Waals surface area contributed by atoms with Crippen molar-refractivity contribution in [3.63, 3.8) is 0 Å². The van der Waals surface area contributed by atoms with Crippen LogP contribution in [-0.2, 0) is 6.54 Å². The van der Waals surface area contributed by atoms with Gasteiger partial charge in [0.05, 0.1) is 6.54 Å². The molecule has 0 atom stereocenters. The lowest BCUT2D eigenvalue weighted by atomic mass is 10.2. The highest BCUT2D eigenvalue weighted by Gasteiger charge is 2.14. The first kappa shape index (κ1) is 19.0. The number of hydrogen-bond acceptors (Lipinski definition) is 3. The molecule has 1 aromatic carbocycles. The van der Waals surface area contributed by atoms with E-state index in [0.717, 1.165) is 55.8 Å². The average Bonchev–Trinajstić information content (AvgIpc) is 2.61. The average molecular weight is 352 g/mol. The number of nitrogens with one attached hydrogen (secondary N) is 2. The van der Waals surface area contributed by atoms with Gasteiger partial charge in [0.15, 0.2) is 5.96 Å². The minimum Gasteiger partial charge on any atom is -0.357 e. The molecule has 0 amide bonds. The molecule has 1 saturated heterocycles. The Morgan fingerprint density at radius 2 is 1.79 bits per heavy atom. The smallest absolute Gasteiger partial charge is 0.191 e. The van der Waals surface area contributed by atoms with Crippen molar-refractivity contribution >= 4 is 17.6 Å². The number of nitrogens with zero attached hydrogens (tertiary/aromatic N) is 3. The number of guanidine groups is 1. The van der Waals surface area contributed by atoms with Gasteiger partial charge in [0.25, 0.3) is 0 Å². The lowest BCUT2D eigenvalue weighted by Crippen LogP contribution is -2.49. The lowest BCUT2D eigenvalue weighted by molar-refractivity contribution is 0.139. The highest BCUT2D eigenvalue weighted by atomic mass is 35.5. The van der Waals surface area contributed by atoms with Gasteiger partial charge in [-0.15, -0.1) is 0 Å². The van der Waals surface area contributed by atoms with Crippen molar-refractivity contribution in [2.24, 2.45) is 4.99 Å². The van der Waals surface area contributed by atoms with Crippen LogP contribution >= 0.6 is 11.6 Å². The monoisotopic (exact) mass is 351 g/mol. The third kappa shape index (κ3) is 6.30. The fourth-order valence-corrected chi connectivity index (χ4v) is 2.99. The van der Waals surface area contributed by atoms with Crippen molar-refractivity contribution in [2.75, 3.05) is 52.4 Å². The molecule has 2 N–H and O–H groups in total. The summed E-state index contributed by atoms with van der Waals surface area (Å²) in [4.78, 5) is 9.65. The van der Waals surface area contributed by atoms with Crippen LogP contribution in [0.25, 0.3) is 0 Å². The number of halogens is 1. The molecule has 1 fully saturated rings. The largest absolute Gasteiger partial charge is 0.357 e. The van der Waals surface area contributed by atoms with E-state index in [4.69, 9.17) is 11.6 Å². The summed E-state index contributed by atoms with van der Waals surface area (Å²) in [7, 11) is 0. The molecule has 2 rings (SSSR count). The van der Waals surface area contributed by atoms with Crippen molar-refractivity contribution in [2.45, 2.75) is 20.4 Å². The SMILES string of the molecule is CCNC(=NCc1ccccc1Cl)NCCN1CCN(CC)CC1. The molecule has 0 aliphatic carbocycles. The summed E-state index contributed by atoms with van der Waals surface area (Å²) < 4.78 is 0. The van der Waals surface area contributed by atoms with Gasteiger partial charge in [-0.1, -0.05) is 36.7 Å². The molecule has 6 heteroatoms. The summed E-state index contributed by atoms with van der Waals surface area (Å²) in [6.45, 7) is 13.5. The summed E-state index contributed by atoms with van der Waals surface area (Å²) in [5.74, 6) is 0.851. The summed E-state index contributed by atoms with van der Waals surface area (Å²) in [5.41, 5.74) is 1.05. The molecule has 1 aromatic rings. The van der Waals surface area contributed by atoms with Crippen LogP contribution in [-0.4, -0.2) is 68.1 Å². The van der Waals surface area contributed by atoms with Crippen LogP contribution in [0, 0.1) is 0 Å². The maximum atomic E-state index is 6.19. The zero-order chi connectivity index (χ0) is 17.2. The Hall–Kier alpha value is -1.30. The molecule has 134 valence electrons. The number of piperazine rings is 1. The van der Waals surface area contributed by atoms with E-state index in [1.807, 2.05) is 24.3 Å². The van der Waals surface area contributed by atoms with Crippen LogP contribution in [0.4, 0.5) is 0 Å². The molecular formula is C18H30ClN5. The number of rotatable bonds is 7. The third-order valence-corrected chi connectivity index (χ3v) is 4.71. The second-order valence-corrected chi connectivity index (χ2v) is 6.40. The maximum Gasteiger partial charge on any atom is 0.191 e. The van der Waals surface area contributed by atoms with Gasteiger partial charge >= 0.3 is 0 Å². The van der Waals surface area contributed by atoms with Crippen molar-refractivity contribution in [3.8, 4) is 0 Å². The highest BCUT2D eigenvalue weighted by molar-refractivity contribution is 6.31. The van der Waals surface area contributed by atoms with Crippen LogP contribution in [0.1, 0.15) is 19.4 Å². The summed E-state index contributed by atoms with van der Waals surface area (Å²) in [5, 5.41) is 7.49. The predicted molar refractivity (Wildman–Crippen MR) is 103 cm³/mol. The van der Waals surface area contributed by atoms with Crippen molar-refractivity contribution in [1.82, 2.24) is 20.4 Å². The first-order chi connectivity index (χ1) is 11.7. The summed E-state index contributed by atoms with van der Waals surface area (Å²) in [6.07, 6.45) is 0. The molecule has 0 unspecified atom stereocenters. The molecule has 0 aromatic heterocycles. The second-order valence-electron chi connectivity index (χ2n) is 5.99. The zero-order valence-electron chi connectivity index (χ0n) is 14.9. The fraction of sp³-hybridized carbons (Fsp3) is 0.611. The van der Waals surface area contributed by atoms with Crippen molar-refractivity contribution in [1.29, 1.82) is 0 Å². The maximum absolute atomic E-state index is 6.19. The van der Waals surface area contributed by atoms with Gasteiger partial charge in [-0.05, 0) is 25.1 Å². The second kappa shape index (κ2) is 10.5. The Bertz CT molecular complexity index is 512. The fourth-order valence-electron chi connectivity index (χ4n) is 2.79. The van der Waals surface area contributed by atoms with E-state index in [1.54, 1.807) is 0 Å². The zero-order valence-corrected chi connectivity index (χ0v) is 15.6. The number of likely N-dealkylation sites (N-methyl/N-ethyl adjacent to an activating group) is 1. The Morgan fingerprint density at radius 1 is 1.08 bits per heavy atom. The number of hydrogen-bond donors (Lipinski definition) is 2. The minimum absolute atomic E-state index is 0.587. The van der Waals surface area contributed by atoms with Gasteiger partial charge in [-0.3, -0.25) is 4.90 Å². The molecule has 24 heavy (non-hydrogen) atoms. The van der Waals surface area contributed by atoms with Gasteiger partial charge in [0.1, 0.15) is 0 Å². The molecule has 0 saturated carbocycles. The van der Waals surface area contributed by atoms with Crippen LogP contribution in [0.3, 0.4) is 0 Å². The molecule has 0 spiro atoms. The molecule has 1 aliphatic rings. The summed E-state index contributed by atoms with van der Waals surface area (Å²) >= 11 is 6.19. The van der Waals surface area contributed by atoms with Gasteiger partial charge in [0.2, 0.25) is 0 Å². The van der Waals surface area contributed by atoms with Crippen molar-refractivity contribution in [3.05, 3.63) is 34.9 Å². The van der Waals surface area contributed by atoms with E-state index >= 15 is 0 Å². The van der Waals surface area contributed by atoms with E-state index in [1.165, 1.54) is 13.1 Å². The lowest BCUT2D eigenvalue weighted by Gasteiger charge is -2.34. The van der Waals surface area contributed by atoms with E-state index in [9.17, 15) is 0 Å². The Labute approximate surface area is 151 Å². The van der Waals surface area contributed by atoms with E-state index in [2.05, 4.69) is 39.3 Å².